The van der Waals surface area contributed by atoms with Crippen molar-refractivity contribution in [2.75, 3.05) is 5.32 Å². The monoisotopic (exact) mass is 257 g/mol. The molecule has 0 bridgehead atoms. The summed E-state index contributed by atoms with van der Waals surface area (Å²) in [6, 6.07) is 11.6. The molecule has 19 heavy (non-hydrogen) atoms. The molecule has 96 valence electrons. The Labute approximate surface area is 110 Å². The SMILES string of the molecule is Cc1ccc(F)cc1NC1OC(=O)c2ccccc21. The van der Waals surface area contributed by atoms with Gasteiger partial charge in [-0.15, -0.1) is 0 Å². The van der Waals surface area contributed by atoms with E-state index >= 15 is 0 Å². The van der Waals surface area contributed by atoms with Crippen molar-refractivity contribution in [1.29, 1.82) is 0 Å². The fourth-order valence-corrected chi connectivity index (χ4v) is 2.14. The minimum atomic E-state index is -0.566. The molecule has 0 spiro atoms. The second-order valence-corrected chi connectivity index (χ2v) is 4.48. The van der Waals surface area contributed by atoms with Crippen LogP contribution in [0, 0.1) is 12.7 Å². The average Bonchev–Trinajstić information content (AvgIpc) is 2.72. The highest BCUT2D eigenvalue weighted by atomic mass is 19.1. The first kappa shape index (κ1) is 11.7. The van der Waals surface area contributed by atoms with Gasteiger partial charge in [0.05, 0.1) is 5.56 Å². The zero-order valence-corrected chi connectivity index (χ0v) is 10.3. The van der Waals surface area contributed by atoms with Crippen LogP contribution in [0.1, 0.15) is 27.7 Å². The lowest BCUT2D eigenvalue weighted by atomic mass is 10.1. The quantitative estimate of drug-likeness (QED) is 0.838. The van der Waals surface area contributed by atoms with Crippen LogP contribution in [0.3, 0.4) is 0 Å². The minimum Gasteiger partial charge on any atom is -0.434 e. The van der Waals surface area contributed by atoms with Crippen molar-refractivity contribution in [3.05, 3.63) is 65.0 Å². The van der Waals surface area contributed by atoms with Crippen LogP contribution in [0.4, 0.5) is 10.1 Å². The largest absolute Gasteiger partial charge is 0.434 e. The summed E-state index contributed by atoms with van der Waals surface area (Å²) < 4.78 is 18.5. The normalized spacial score (nSPS) is 16.9. The first-order valence-electron chi connectivity index (χ1n) is 5.98. The maximum absolute atomic E-state index is 13.2. The lowest BCUT2D eigenvalue weighted by Crippen LogP contribution is -2.11. The predicted octanol–water partition coefficient (Wildman–Crippen LogP) is 3.42. The summed E-state index contributed by atoms with van der Waals surface area (Å²) in [6.45, 7) is 1.87. The van der Waals surface area contributed by atoms with Gasteiger partial charge in [-0.05, 0) is 30.7 Å². The second-order valence-electron chi connectivity index (χ2n) is 4.48. The number of hydrogen-bond acceptors (Lipinski definition) is 3. The van der Waals surface area contributed by atoms with E-state index in [4.69, 9.17) is 4.74 Å². The highest BCUT2D eigenvalue weighted by Gasteiger charge is 2.30. The summed E-state index contributed by atoms with van der Waals surface area (Å²) in [7, 11) is 0. The molecule has 0 aromatic heterocycles. The van der Waals surface area contributed by atoms with Crippen molar-refractivity contribution in [1.82, 2.24) is 0 Å². The Morgan fingerprint density at radius 1 is 1.21 bits per heavy atom. The zero-order chi connectivity index (χ0) is 13.4. The van der Waals surface area contributed by atoms with Gasteiger partial charge in [-0.3, -0.25) is 0 Å². The molecule has 0 aliphatic carbocycles. The molecule has 1 aliphatic heterocycles. The lowest BCUT2D eigenvalue weighted by Gasteiger charge is -2.16. The Bertz CT molecular complexity index is 654. The Kier molecular flexibility index (Phi) is 2.71. The molecular weight excluding hydrogens is 245 g/mol. The van der Waals surface area contributed by atoms with Gasteiger partial charge in [0.2, 0.25) is 6.23 Å². The summed E-state index contributed by atoms with van der Waals surface area (Å²) >= 11 is 0. The molecule has 0 amide bonds. The van der Waals surface area contributed by atoms with Crippen LogP contribution >= 0.6 is 0 Å². The van der Waals surface area contributed by atoms with E-state index in [1.54, 1.807) is 18.2 Å². The Morgan fingerprint density at radius 3 is 2.84 bits per heavy atom. The molecular formula is C15H12FNO2. The number of rotatable bonds is 2. The van der Waals surface area contributed by atoms with E-state index in [1.165, 1.54) is 12.1 Å². The van der Waals surface area contributed by atoms with E-state index in [-0.39, 0.29) is 11.8 Å². The first-order valence-corrected chi connectivity index (χ1v) is 5.98. The third-order valence-corrected chi connectivity index (χ3v) is 3.17. The smallest absolute Gasteiger partial charge is 0.340 e. The van der Waals surface area contributed by atoms with Crippen molar-refractivity contribution >= 4 is 11.7 Å². The van der Waals surface area contributed by atoms with Crippen LogP contribution in [0.15, 0.2) is 42.5 Å². The van der Waals surface area contributed by atoms with Crippen molar-refractivity contribution in [2.24, 2.45) is 0 Å². The molecule has 2 aromatic rings. The molecule has 0 fully saturated rings. The molecule has 1 N–H and O–H groups in total. The second kappa shape index (κ2) is 4.39. The van der Waals surface area contributed by atoms with Gasteiger partial charge in [0.25, 0.3) is 0 Å². The molecule has 0 saturated carbocycles. The number of aryl methyl sites for hydroxylation is 1. The molecule has 1 unspecified atom stereocenters. The number of fused-ring (bicyclic) bond motifs is 1. The number of nitrogens with one attached hydrogen (secondary N) is 1. The van der Waals surface area contributed by atoms with Crippen LogP contribution in [-0.2, 0) is 4.74 Å². The van der Waals surface area contributed by atoms with Crippen LogP contribution in [0.2, 0.25) is 0 Å². The number of benzene rings is 2. The standard InChI is InChI=1S/C15H12FNO2/c1-9-6-7-10(16)8-13(9)17-14-11-4-2-3-5-12(11)15(18)19-14/h2-8,14,17H,1H3. The fraction of sp³-hybridized carbons (Fsp3) is 0.133. The van der Waals surface area contributed by atoms with Gasteiger partial charge in [-0.25, -0.2) is 9.18 Å². The van der Waals surface area contributed by atoms with E-state index in [0.29, 0.717) is 11.3 Å². The van der Waals surface area contributed by atoms with Crippen molar-refractivity contribution < 1.29 is 13.9 Å². The number of ether oxygens (including phenoxy) is 1. The number of cyclic esters (lactones) is 1. The number of esters is 1. The summed E-state index contributed by atoms with van der Waals surface area (Å²) in [5, 5.41) is 3.05. The molecule has 0 saturated heterocycles. The third kappa shape index (κ3) is 2.05. The van der Waals surface area contributed by atoms with E-state index < -0.39 is 6.23 Å². The van der Waals surface area contributed by atoms with Gasteiger partial charge in [-0.1, -0.05) is 24.3 Å². The number of anilines is 1. The highest BCUT2D eigenvalue weighted by molar-refractivity contribution is 5.94. The van der Waals surface area contributed by atoms with Crippen LogP contribution in [0.25, 0.3) is 0 Å². The molecule has 4 heteroatoms. The van der Waals surface area contributed by atoms with E-state index in [0.717, 1.165) is 11.1 Å². The van der Waals surface area contributed by atoms with Gasteiger partial charge in [0.15, 0.2) is 0 Å². The molecule has 1 heterocycles. The van der Waals surface area contributed by atoms with Crippen LogP contribution in [-0.4, -0.2) is 5.97 Å². The van der Waals surface area contributed by atoms with Crippen molar-refractivity contribution in [3.8, 4) is 0 Å². The summed E-state index contributed by atoms with van der Waals surface area (Å²) in [5.74, 6) is -0.687. The van der Waals surface area contributed by atoms with Crippen LogP contribution in [0.5, 0.6) is 0 Å². The molecule has 0 radical (unpaired) electrons. The number of hydrogen-bond donors (Lipinski definition) is 1. The predicted molar refractivity (Wildman–Crippen MR) is 69.4 cm³/mol. The first-order chi connectivity index (χ1) is 9.15. The molecule has 2 aromatic carbocycles. The lowest BCUT2D eigenvalue weighted by molar-refractivity contribution is 0.0437. The van der Waals surface area contributed by atoms with Gasteiger partial charge in [0.1, 0.15) is 5.82 Å². The summed E-state index contributed by atoms with van der Waals surface area (Å²) in [4.78, 5) is 11.7. The van der Waals surface area contributed by atoms with E-state index in [1.807, 2.05) is 19.1 Å². The third-order valence-electron chi connectivity index (χ3n) is 3.17. The topological polar surface area (TPSA) is 38.3 Å². The maximum atomic E-state index is 13.2. The van der Waals surface area contributed by atoms with Crippen LogP contribution < -0.4 is 5.32 Å². The number of carbonyl (C=O) groups excluding carboxylic acids is 1. The Balaban J connectivity index is 1.93. The molecule has 3 nitrogen and oxygen atoms in total. The fourth-order valence-electron chi connectivity index (χ4n) is 2.14. The number of halogens is 1. The molecule has 1 aliphatic rings. The van der Waals surface area contributed by atoms with E-state index in [9.17, 15) is 9.18 Å². The zero-order valence-electron chi connectivity index (χ0n) is 10.3. The number of carbonyl (C=O) groups is 1. The van der Waals surface area contributed by atoms with Crippen molar-refractivity contribution in [2.45, 2.75) is 13.2 Å². The van der Waals surface area contributed by atoms with Gasteiger partial charge >= 0.3 is 5.97 Å². The average molecular weight is 257 g/mol. The molecule has 1 atom stereocenters. The van der Waals surface area contributed by atoms with Gasteiger partial charge < -0.3 is 10.1 Å². The maximum Gasteiger partial charge on any atom is 0.340 e. The van der Waals surface area contributed by atoms with Gasteiger partial charge in [-0.2, -0.15) is 0 Å². The molecule has 3 rings (SSSR count). The summed E-state index contributed by atoms with van der Waals surface area (Å²) in [5.41, 5.74) is 2.83. The summed E-state index contributed by atoms with van der Waals surface area (Å²) in [6.07, 6.45) is -0.566. The van der Waals surface area contributed by atoms with Crippen molar-refractivity contribution in [3.63, 3.8) is 0 Å². The highest BCUT2D eigenvalue weighted by Crippen LogP contribution is 2.32. The van der Waals surface area contributed by atoms with E-state index in [2.05, 4.69) is 5.32 Å². The Hall–Kier alpha value is -2.36. The van der Waals surface area contributed by atoms with Gasteiger partial charge in [0, 0.05) is 11.3 Å². The Morgan fingerprint density at radius 2 is 2.00 bits per heavy atom. The minimum absolute atomic E-state index is 0.328.